The fourth-order valence-electron chi connectivity index (χ4n) is 2.44. The first-order valence-corrected chi connectivity index (χ1v) is 6.71. The molecule has 0 aromatic heterocycles. The Bertz CT molecular complexity index is 373. The Kier molecular flexibility index (Phi) is 5.02. The van der Waals surface area contributed by atoms with E-state index in [0.29, 0.717) is 5.92 Å². The van der Waals surface area contributed by atoms with Gasteiger partial charge in [-0.3, -0.25) is 0 Å². The van der Waals surface area contributed by atoms with E-state index >= 15 is 0 Å². The molecule has 0 radical (unpaired) electrons. The van der Waals surface area contributed by atoms with Gasteiger partial charge in [-0.1, -0.05) is 12.1 Å². The summed E-state index contributed by atoms with van der Waals surface area (Å²) >= 11 is 0. The van der Waals surface area contributed by atoms with Gasteiger partial charge in [0.2, 0.25) is 0 Å². The predicted octanol–water partition coefficient (Wildman–Crippen LogP) is 2.52. The molecule has 1 atom stereocenters. The van der Waals surface area contributed by atoms with Crippen LogP contribution in [-0.4, -0.2) is 26.9 Å². The van der Waals surface area contributed by atoms with E-state index < -0.39 is 0 Å². The van der Waals surface area contributed by atoms with Crippen molar-refractivity contribution in [2.24, 2.45) is 5.92 Å². The Morgan fingerprint density at radius 2 is 2.33 bits per heavy atom. The Morgan fingerprint density at radius 1 is 1.44 bits per heavy atom. The summed E-state index contributed by atoms with van der Waals surface area (Å²) in [5.74, 6) is 1.64. The summed E-state index contributed by atoms with van der Waals surface area (Å²) in [5.41, 5.74) is 2.50. The maximum absolute atomic E-state index is 5.48. The molecule has 100 valence electrons. The van der Waals surface area contributed by atoms with Gasteiger partial charge in [-0.25, -0.2) is 0 Å². The van der Waals surface area contributed by atoms with Crippen molar-refractivity contribution in [3.63, 3.8) is 0 Å². The Morgan fingerprint density at radius 3 is 3.00 bits per heavy atom. The van der Waals surface area contributed by atoms with Crippen LogP contribution in [0.15, 0.2) is 18.2 Å². The summed E-state index contributed by atoms with van der Waals surface area (Å²) < 4.78 is 10.7. The first-order valence-electron chi connectivity index (χ1n) is 6.71. The number of rotatable bonds is 5. The van der Waals surface area contributed by atoms with Crippen molar-refractivity contribution in [1.29, 1.82) is 0 Å². The predicted molar refractivity (Wildman–Crippen MR) is 73.0 cm³/mol. The van der Waals surface area contributed by atoms with E-state index in [1.54, 1.807) is 7.11 Å². The van der Waals surface area contributed by atoms with Crippen molar-refractivity contribution < 1.29 is 9.47 Å². The fourth-order valence-corrected chi connectivity index (χ4v) is 2.44. The molecule has 18 heavy (non-hydrogen) atoms. The zero-order valence-electron chi connectivity index (χ0n) is 11.4. The Labute approximate surface area is 109 Å². The number of aryl methyl sites for hydroxylation is 1. The average Bonchev–Trinajstić information content (AvgIpc) is 2.40. The lowest BCUT2D eigenvalue weighted by Crippen LogP contribution is -2.28. The highest BCUT2D eigenvalue weighted by atomic mass is 16.5. The van der Waals surface area contributed by atoms with E-state index in [1.807, 2.05) is 6.07 Å². The van der Waals surface area contributed by atoms with Crippen molar-refractivity contribution in [1.82, 2.24) is 5.32 Å². The van der Waals surface area contributed by atoms with E-state index in [0.717, 1.165) is 32.1 Å². The van der Waals surface area contributed by atoms with Crippen LogP contribution >= 0.6 is 0 Å². The molecule has 1 aliphatic rings. The van der Waals surface area contributed by atoms with Crippen LogP contribution < -0.4 is 10.1 Å². The van der Waals surface area contributed by atoms with Crippen LogP contribution in [0.3, 0.4) is 0 Å². The zero-order chi connectivity index (χ0) is 12.8. The number of nitrogens with one attached hydrogen (secondary N) is 1. The minimum absolute atomic E-state index is 0.679. The van der Waals surface area contributed by atoms with Crippen molar-refractivity contribution in [3.05, 3.63) is 29.3 Å². The van der Waals surface area contributed by atoms with Crippen LogP contribution in [0.25, 0.3) is 0 Å². The maximum Gasteiger partial charge on any atom is 0.121 e. The smallest absolute Gasteiger partial charge is 0.121 e. The van der Waals surface area contributed by atoms with E-state index in [4.69, 9.17) is 9.47 Å². The van der Waals surface area contributed by atoms with Crippen molar-refractivity contribution >= 4 is 0 Å². The molecule has 1 saturated heterocycles. The Hall–Kier alpha value is -1.06. The summed E-state index contributed by atoms with van der Waals surface area (Å²) in [5, 5.41) is 3.52. The van der Waals surface area contributed by atoms with Gasteiger partial charge in [0.15, 0.2) is 0 Å². The zero-order valence-corrected chi connectivity index (χ0v) is 11.4. The number of ether oxygens (including phenoxy) is 2. The molecule has 0 spiro atoms. The third-order valence-electron chi connectivity index (χ3n) is 3.48. The molecule has 0 amide bonds. The highest BCUT2D eigenvalue weighted by molar-refractivity contribution is 5.36. The number of methoxy groups -OCH3 is 1. The molecule has 0 saturated carbocycles. The van der Waals surface area contributed by atoms with Gasteiger partial charge in [-0.15, -0.1) is 0 Å². The first-order chi connectivity index (χ1) is 8.79. The molecular weight excluding hydrogens is 226 g/mol. The second-order valence-electron chi connectivity index (χ2n) is 5.02. The lowest BCUT2D eigenvalue weighted by molar-refractivity contribution is 0.0547. The fraction of sp³-hybridized carbons (Fsp3) is 0.600. The molecule has 1 aromatic rings. The maximum atomic E-state index is 5.48. The van der Waals surface area contributed by atoms with Gasteiger partial charge in [0.25, 0.3) is 0 Å². The lowest BCUT2D eigenvalue weighted by atomic mass is 10.0. The largest absolute Gasteiger partial charge is 0.496 e. The molecule has 0 aliphatic carbocycles. The monoisotopic (exact) mass is 249 g/mol. The summed E-state index contributed by atoms with van der Waals surface area (Å²) in [7, 11) is 1.71. The molecule has 3 nitrogen and oxygen atoms in total. The van der Waals surface area contributed by atoms with E-state index in [2.05, 4.69) is 24.4 Å². The minimum Gasteiger partial charge on any atom is -0.496 e. The number of benzene rings is 1. The van der Waals surface area contributed by atoms with Gasteiger partial charge >= 0.3 is 0 Å². The van der Waals surface area contributed by atoms with Crippen LogP contribution in [0.2, 0.25) is 0 Å². The second-order valence-corrected chi connectivity index (χ2v) is 5.02. The summed E-state index contributed by atoms with van der Waals surface area (Å²) in [6.45, 7) is 5.90. The molecule has 1 aliphatic heterocycles. The standard InChI is InChI=1S/C15H23NO2/c1-12-8-13(5-6-15(12)17-2)9-16-10-14-4-3-7-18-11-14/h5-6,8,14,16H,3-4,7,9-11H2,1-2H3. The lowest BCUT2D eigenvalue weighted by Gasteiger charge is -2.22. The van der Waals surface area contributed by atoms with Crippen molar-refractivity contribution in [2.75, 3.05) is 26.9 Å². The van der Waals surface area contributed by atoms with Gasteiger partial charge in [0.1, 0.15) is 5.75 Å². The van der Waals surface area contributed by atoms with Crippen LogP contribution in [0, 0.1) is 12.8 Å². The molecule has 1 N–H and O–H groups in total. The molecule has 1 unspecified atom stereocenters. The normalized spacial score (nSPS) is 19.8. The van der Waals surface area contributed by atoms with Gasteiger partial charge in [0, 0.05) is 19.7 Å². The van der Waals surface area contributed by atoms with Crippen molar-refractivity contribution in [3.8, 4) is 5.75 Å². The third-order valence-corrected chi connectivity index (χ3v) is 3.48. The van der Waals surface area contributed by atoms with Gasteiger partial charge in [0.05, 0.1) is 13.7 Å². The third kappa shape index (κ3) is 3.72. The Balaban J connectivity index is 1.77. The molecule has 1 heterocycles. The average molecular weight is 249 g/mol. The van der Waals surface area contributed by atoms with Gasteiger partial charge in [-0.2, -0.15) is 0 Å². The molecule has 3 heteroatoms. The summed E-state index contributed by atoms with van der Waals surface area (Å²) in [6.07, 6.45) is 2.49. The first kappa shape index (κ1) is 13.4. The van der Waals surface area contributed by atoms with Gasteiger partial charge < -0.3 is 14.8 Å². The topological polar surface area (TPSA) is 30.5 Å². The minimum atomic E-state index is 0.679. The molecular formula is C15H23NO2. The van der Waals surface area contributed by atoms with Crippen LogP contribution in [0.4, 0.5) is 0 Å². The SMILES string of the molecule is COc1ccc(CNCC2CCCOC2)cc1C. The van der Waals surface area contributed by atoms with Gasteiger partial charge in [-0.05, 0) is 42.9 Å². The highest BCUT2D eigenvalue weighted by Crippen LogP contribution is 2.18. The van der Waals surface area contributed by atoms with Crippen LogP contribution in [0.1, 0.15) is 24.0 Å². The summed E-state index contributed by atoms with van der Waals surface area (Å²) in [6, 6.07) is 6.34. The van der Waals surface area contributed by atoms with Crippen LogP contribution in [0.5, 0.6) is 5.75 Å². The number of hydrogen-bond donors (Lipinski definition) is 1. The van der Waals surface area contributed by atoms with Crippen LogP contribution in [-0.2, 0) is 11.3 Å². The molecule has 0 bridgehead atoms. The second kappa shape index (κ2) is 6.76. The van der Waals surface area contributed by atoms with Crippen molar-refractivity contribution in [2.45, 2.75) is 26.3 Å². The summed E-state index contributed by atoms with van der Waals surface area (Å²) in [4.78, 5) is 0. The quantitative estimate of drug-likeness (QED) is 0.870. The van der Waals surface area contributed by atoms with E-state index in [9.17, 15) is 0 Å². The molecule has 1 fully saturated rings. The van der Waals surface area contributed by atoms with E-state index in [1.165, 1.54) is 24.0 Å². The number of hydrogen-bond acceptors (Lipinski definition) is 3. The van der Waals surface area contributed by atoms with E-state index in [-0.39, 0.29) is 0 Å². The molecule has 2 rings (SSSR count). The molecule has 1 aromatic carbocycles. The highest BCUT2D eigenvalue weighted by Gasteiger charge is 2.12.